The average Bonchev–Trinajstić information content (AvgIpc) is 2.58. The summed E-state index contributed by atoms with van der Waals surface area (Å²) < 4.78 is 14.7. The van der Waals surface area contributed by atoms with E-state index in [1.165, 1.54) is 38.1 Å². The third kappa shape index (κ3) is 5.90. The number of hydrogen-bond acceptors (Lipinski definition) is 7. The van der Waals surface area contributed by atoms with E-state index in [9.17, 15) is 19.2 Å². The number of esters is 3. The fraction of sp³-hybridized carbons (Fsp3) is 0.222. The lowest BCUT2D eigenvalue weighted by atomic mass is 10.1. The summed E-state index contributed by atoms with van der Waals surface area (Å²) in [6.45, 7) is 8.92. The molecule has 1 N–H and O–H groups in total. The van der Waals surface area contributed by atoms with E-state index in [0.717, 1.165) is 0 Å². The fourth-order valence-electron chi connectivity index (χ4n) is 1.60. The predicted molar refractivity (Wildman–Crippen MR) is 89.3 cm³/mol. The van der Waals surface area contributed by atoms with E-state index in [1.807, 2.05) is 0 Å². The number of aromatic carboxylic acids is 1. The molecule has 0 aliphatic rings. The highest BCUT2D eigenvalue weighted by Gasteiger charge is 2.24. The molecule has 0 spiro atoms. The maximum absolute atomic E-state index is 12.1. The van der Waals surface area contributed by atoms with Gasteiger partial charge in [-0.1, -0.05) is 25.3 Å². The summed E-state index contributed by atoms with van der Waals surface area (Å²) in [7, 11) is 0. The fourth-order valence-corrected chi connectivity index (χ4v) is 1.60. The van der Waals surface area contributed by atoms with Crippen molar-refractivity contribution in [1.82, 2.24) is 0 Å². The number of carboxylic acids is 1. The van der Waals surface area contributed by atoms with Crippen molar-refractivity contribution in [2.24, 2.45) is 0 Å². The number of carbonyl (C=O) groups is 4. The Hall–Kier alpha value is -3.42. The van der Waals surface area contributed by atoms with Gasteiger partial charge >= 0.3 is 23.9 Å². The van der Waals surface area contributed by atoms with E-state index in [0.29, 0.717) is 0 Å². The van der Waals surface area contributed by atoms with Gasteiger partial charge in [0.2, 0.25) is 0 Å². The summed E-state index contributed by atoms with van der Waals surface area (Å²) in [5.74, 6) is -4.00. The lowest BCUT2D eigenvalue weighted by molar-refractivity contribution is -0.188. The Morgan fingerprint density at radius 1 is 0.962 bits per heavy atom. The van der Waals surface area contributed by atoms with Crippen LogP contribution in [0.3, 0.4) is 0 Å². The first-order valence-corrected chi connectivity index (χ1v) is 7.36. The lowest BCUT2D eigenvalue weighted by Crippen LogP contribution is -2.31. The maximum atomic E-state index is 12.1. The van der Waals surface area contributed by atoms with Gasteiger partial charge in [-0.05, 0) is 26.0 Å². The van der Waals surface area contributed by atoms with Crippen LogP contribution in [0.1, 0.15) is 34.6 Å². The summed E-state index contributed by atoms with van der Waals surface area (Å²) in [5.41, 5.74) is -0.365. The Morgan fingerprint density at radius 2 is 1.42 bits per heavy atom. The molecule has 26 heavy (non-hydrogen) atoms. The van der Waals surface area contributed by atoms with Gasteiger partial charge in [0.15, 0.2) is 6.61 Å². The molecular weight excluding hydrogens is 344 g/mol. The standard InChI is InChI=1S/C18H18O8/c1-10(2)16(21)25-14(26-17(22)11(3)4)9-24-18(23)13-8-6-5-7-12(13)15(19)20/h5-8,14H,1,3,9H2,2,4H3,(H,19,20). The van der Waals surface area contributed by atoms with Crippen molar-refractivity contribution in [3.8, 4) is 0 Å². The molecule has 1 aromatic rings. The predicted octanol–water partition coefficient (Wildman–Crippen LogP) is 2.11. The van der Waals surface area contributed by atoms with Crippen molar-refractivity contribution in [2.45, 2.75) is 20.1 Å². The molecule has 0 saturated carbocycles. The van der Waals surface area contributed by atoms with Gasteiger partial charge in [-0.25, -0.2) is 19.2 Å². The number of hydrogen-bond donors (Lipinski definition) is 1. The van der Waals surface area contributed by atoms with Crippen molar-refractivity contribution < 1.29 is 38.5 Å². The Morgan fingerprint density at radius 3 is 1.85 bits per heavy atom. The highest BCUT2D eigenvalue weighted by molar-refractivity contribution is 6.02. The Bertz CT molecular complexity index is 734. The van der Waals surface area contributed by atoms with Gasteiger partial charge in [-0.3, -0.25) is 0 Å². The molecule has 0 unspecified atom stereocenters. The second kappa shape index (κ2) is 9.16. The van der Waals surface area contributed by atoms with Gasteiger partial charge < -0.3 is 19.3 Å². The van der Waals surface area contributed by atoms with E-state index in [1.54, 1.807) is 0 Å². The van der Waals surface area contributed by atoms with Crippen LogP contribution in [0.2, 0.25) is 0 Å². The molecule has 0 saturated heterocycles. The lowest BCUT2D eigenvalue weighted by Gasteiger charge is -2.18. The molecular formula is C18H18O8. The van der Waals surface area contributed by atoms with Crippen LogP contribution in [-0.2, 0) is 23.8 Å². The van der Waals surface area contributed by atoms with Crippen LogP contribution in [0.25, 0.3) is 0 Å². The molecule has 1 aromatic carbocycles. The first-order valence-electron chi connectivity index (χ1n) is 7.36. The van der Waals surface area contributed by atoms with Crippen molar-refractivity contribution in [3.63, 3.8) is 0 Å². The Balaban J connectivity index is 2.88. The minimum atomic E-state index is -1.54. The Labute approximate surface area is 149 Å². The normalized spacial score (nSPS) is 9.96. The summed E-state index contributed by atoms with van der Waals surface area (Å²) in [4.78, 5) is 46.5. The summed E-state index contributed by atoms with van der Waals surface area (Å²) in [5, 5.41) is 9.09. The highest BCUT2D eigenvalue weighted by Crippen LogP contribution is 2.12. The van der Waals surface area contributed by atoms with Crippen molar-refractivity contribution in [1.29, 1.82) is 0 Å². The van der Waals surface area contributed by atoms with E-state index in [4.69, 9.17) is 19.3 Å². The topological polar surface area (TPSA) is 116 Å². The maximum Gasteiger partial charge on any atom is 0.339 e. The van der Waals surface area contributed by atoms with Crippen molar-refractivity contribution in [2.75, 3.05) is 6.61 Å². The van der Waals surface area contributed by atoms with Crippen LogP contribution in [0.5, 0.6) is 0 Å². The Kier molecular flexibility index (Phi) is 7.27. The number of carboxylic acid groups (broad SMARTS) is 1. The zero-order chi connectivity index (χ0) is 19.9. The molecule has 0 radical (unpaired) electrons. The van der Waals surface area contributed by atoms with Crippen LogP contribution >= 0.6 is 0 Å². The molecule has 0 aliphatic heterocycles. The van der Waals surface area contributed by atoms with Gasteiger partial charge in [0, 0.05) is 11.1 Å². The molecule has 0 aliphatic carbocycles. The van der Waals surface area contributed by atoms with Gasteiger partial charge in [0.1, 0.15) is 0 Å². The quantitative estimate of drug-likeness (QED) is 0.425. The van der Waals surface area contributed by atoms with Gasteiger partial charge in [-0.15, -0.1) is 0 Å². The van der Waals surface area contributed by atoms with Crippen LogP contribution in [-0.4, -0.2) is 41.9 Å². The van der Waals surface area contributed by atoms with Gasteiger partial charge in [-0.2, -0.15) is 0 Å². The molecule has 0 fully saturated rings. The SMILES string of the molecule is C=C(C)C(=O)OC(COC(=O)c1ccccc1C(=O)O)OC(=O)C(=C)C. The van der Waals surface area contributed by atoms with Crippen LogP contribution < -0.4 is 0 Å². The minimum absolute atomic E-state index is 0.0453. The largest absolute Gasteiger partial charge is 0.478 e. The number of benzene rings is 1. The van der Waals surface area contributed by atoms with E-state index < -0.39 is 36.8 Å². The molecule has 8 heteroatoms. The monoisotopic (exact) mass is 362 g/mol. The second-order valence-corrected chi connectivity index (χ2v) is 5.25. The van der Waals surface area contributed by atoms with Gasteiger partial charge in [0.25, 0.3) is 6.29 Å². The number of rotatable bonds is 8. The van der Waals surface area contributed by atoms with Crippen LogP contribution in [0.4, 0.5) is 0 Å². The number of carbonyl (C=O) groups excluding carboxylic acids is 3. The van der Waals surface area contributed by atoms with Crippen LogP contribution in [0.15, 0.2) is 48.6 Å². The first-order chi connectivity index (χ1) is 12.1. The van der Waals surface area contributed by atoms with Crippen molar-refractivity contribution in [3.05, 3.63) is 59.7 Å². The second-order valence-electron chi connectivity index (χ2n) is 5.25. The van der Waals surface area contributed by atoms with Crippen LogP contribution in [0, 0.1) is 0 Å². The molecule has 0 atom stereocenters. The molecule has 0 heterocycles. The third-order valence-electron chi connectivity index (χ3n) is 2.90. The number of ether oxygens (including phenoxy) is 3. The van der Waals surface area contributed by atoms with E-state index >= 15 is 0 Å². The summed E-state index contributed by atoms with van der Waals surface area (Å²) >= 11 is 0. The van der Waals surface area contributed by atoms with E-state index in [2.05, 4.69) is 13.2 Å². The first kappa shape index (κ1) is 20.6. The molecule has 8 nitrogen and oxygen atoms in total. The van der Waals surface area contributed by atoms with Gasteiger partial charge in [0.05, 0.1) is 11.1 Å². The molecule has 0 bridgehead atoms. The minimum Gasteiger partial charge on any atom is -0.478 e. The van der Waals surface area contributed by atoms with Crippen molar-refractivity contribution >= 4 is 23.9 Å². The zero-order valence-corrected chi connectivity index (χ0v) is 14.3. The molecule has 0 amide bonds. The molecule has 1 rings (SSSR count). The average molecular weight is 362 g/mol. The third-order valence-corrected chi connectivity index (χ3v) is 2.90. The summed E-state index contributed by atoms with van der Waals surface area (Å²) in [6.07, 6.45) is -1.54. The smallest absolute Gasteiger partial charge is 0.339 e. The molecule has 138 valence electrons. The summed E-state index contributed by atoms with van der Waals surface area (Å²) in [6, 6.07) is 5.41. The highest BCUT2D eigenvalue weighted by atomic mass is 16.7. The molecule has 0 aromatic heterocycles. The van der Waals surface area contributed by atoms with E-state index in [-0.39, 0.29) is 22.3 Å². The zero-order valence-electron chi connectivity index (χ0n) is 14.3.